The molecule has 0 aromatic carbocycles. The van der Waals surface area contributed by atoms with Crippen LogP contribution in [0.15, 0.2) is 12.3 Å². The van der Waals surface area contributed by atoms with E-state index in [2.05, 4.69) is 14.9 Å². The van der Waals surface area contributed by atoms with Crippen molar-refractivity contribution in [2.45, 2.75) is 32.3 Å². The van der Waals surface area contributed by atoms with Gasteiger partial charge in [-0.1, -0.05) is 0 Å². The lowest BCUT2D eigenvalue weighted by molar-refractivity contribution is 0.0349. The van der Waals surface area contributed by atoms with E-state index in [9.17, 15) is 5.11 Å². The van der Waals surface area contributed by atoms with E-state index in [4.69, 9.17) is 0 Å². The van der Waals surface area contributed by atoms with Crippen LogP contribution in [-0.2, 0) is 0 Å². The first-order chi connectivity index (χ1) is 7.07. The normalized spacial score (nSPS) is 20.3. The molecule has 0 aliphatic carbocycles. The summed E-state index contributed by atoms with van der Waals surface area (Å²) in [5, 5.41) is 9.83. The van der Waals surface area contributed by atoms with Crippen LogP contribution in [0, 0.1) is 6.92 Å². The van der Waals surface area contributed by atoms with E-state index < -0.39 is 5.60 Å². The highest BCUT2D eigenvalue weighted by atomic mass is 16.3. The molecule has 1 aromatic heterocycles. The number of aryl methyl sites for hydroxylation is 1. The van der Waals surface area contributed by atoms with Gasteiger partial charge in [0.2, 0.25) is 5.95 Å². The number of anilines is 1. The number of nitrogens with zero attached hydrogens (tertiary/aromatic N) is 3. The number of aromatic nitrogens is 2. The second kappa shape index (κ2) is 3.77. The van der Waals surface area contributed by atoms with Crippen LogP contribution in [0.1, 0.15) is 25.5 Å². The van der Waals surface area contributed by atoms with Crippen molar-refractivity contribution >= 4 is 5.95 Å². The Hall–Kier alpha value is -1.16. The zero-order valence-electron chi connectivity index (χ0n) is 9.27. The molecule has 1 saturated heterocycles. The molecule has 1 aliphatic heterocycles. The third-order valence-electron chi connectivity index (χ3n) is 2.91. The van der Waals surface area contributed by atoms with Crippen molar-refractivity contribution < 1.29 is 5.11 Å². The van der Waals surface area contributed by atoms with Gasteiger partial charge < -0.3 is 10.0 Å². The van der Waals surface area contributed by atoms with E-state index in [-0.39, 0.29) is 0 Å². The Morgan fingerprint density at radius 3 is 2.67 bits per heavy atom. The first kappa shape index (κ1) is 10.4. The van der Waals surface area contributed by atoms with Crippen LogP contribution < -0.4 is 4.90 Å². The number of hydrogen-bond donors (Lipinski definition) is 1. The Morgan fingerprint density at radius 1 is 1.40 bits per heavy atom. The summed E-state index contributed by atoms with van der Waals surface area (Å²) < 4.78 is 0. The highest BCUT2D eigenvalue weighted by Gasteiger charge is 2.28. The summed E-state index contributed by atoms with van der Waals surface area (Å²) in [7, 11) is 0. The first-order valence-corrected chi connectivity index (χ1v) is 5.34. The van der Waals surface area contributed by atoms with Crippen LogP contribution in [0.3, 0.4) is 0 Å². The van der Waals surface area contributed by atoms with Crippen LogP contribution in [0.4, 0.5) is 5.95 Å². The van der Waals surface area contributed by atoms with Crippen molar-refractivity contribution in [2.24, 2.45) is 0 Å². The highest BCUT2D eigenvalue weighted by molar-refractivity contribution is 5.31. The Balaban J connectivity index is 2.08. The minimum atomic E-state index is -0.514. The van der Waals surface area contributed by atoms with Gasteiger partial charge in [0.25, 0.3) is 0 Å². The largest absolute Gasteiger partial charge is 0.390 e. The molecule has 1 aromatic rings. The summed E-state index contributed by atoms with van der Waals surface area (Å²) in [6.45, 7) is 5.51. The first-order valence-electron chi connectivity index (χ1n) is 5.34. The van der Waals surface area contributed by atoms with E-state index in [1.165, 1.54) is 0 Å². The van der Waals surface area contributed by atoms with E-state index >= 15 is 0 Å². The fraction of sp³-hybridized carbons (Fsp3) is 0.636. The van der Waals surface area contributed by atoms with Gasteiger partial charge in [-0.05, 0) is 32.8 Å². The van der Waals surface area contributed by atoms with Crippen LogP contribution in [0.5, 0.6) is 0 Å². The summed E-state index contributed by atoms with van der Waals surface area (Å²) in [6.07, 6.45) is 3.35. The molecular weight excluding hydrogens is 190 g/mol. The lowest BCUT2D eigenvalue weighted by atomic mass is 9.94. The summed E-state index contributed by atoms with van der Waals surface area (Å²) in [6, 6.07) is 1.89. The average Bonchev–Trinajstić information content (AvgIpc) is 2.17. The molecule has 0 amide bonds. The van der Waals surface area contributed by atoms with Gasteiger partial charge in [0.05, 0.1) is 5.60 Å². The van der Waals surface area contributed by atoms with Gasteiger partial charge in [0.1, 0.15) is 0 Å². The maximum Gasteiger partial charge on any atom is 0.225 e. The molecular formula is C11H17N3O. The van der Waals surface area contributed by atoms with Crippen LogP contribution in [-0.4, -0.2) is 33.8 Å². The third kappa shape index (κ3) is 2.45. The summed E-state index contributed by atoms with van der Waals surface area (Å²) in [5.74, 6) is 0.783. The molecule has 4 heteroatoms. The molecule has 0 radical (unpaired) electrons. The molecule has 0 bridgehead atoms. The van der Waals surface area contributed by atoms with Gasteiger partial charge in [-0.15, -0.1) is 0 Å². The van der Waals surface area contributed by atoms with E-state index in [0.717, 1.165) is 37.6 Å². The zero-order chi connectivity index (χ0) is 10.9. The second-order valence-electron chi connectivity index (χ2n) is 4.48. The second-order valence-corrected chi connectivity index (χ2v) is 4.48. The molecule has 1 aliphatic rings. The SMILES string of the molecule is Cc1ccnc(N2CCC(C)(O)CC2)n1. The van der Waals surface area contributed by atoms with Crippen LogP contribution in [0.25, 0.3) is 0 Å². The number of aliphatic hydroxyl groups is 1. The maximum atomic E-state index is 9.83. The van der Waals surface area contributed by atoms with Crippen LogP contribution in [0.2, 0.25) is 0 Å². The topological polar surface area (TPSA) is 49.2 Å². The Bertz CT molecular complexity index is 341. The molecule has 0 unspecified atom stereocenters. The molecule has 0 spiro atoms. The third-order valence-corrected chi connectivity index (χ3v) is 2.91. The molecule has 0 saturated carbocycles. The van der Waals surface area contributed by atoms with Crippen molar-refractivity contribution in [1.82, 2.24) is 9.97 Å². The van der Waals surface area contributed by atoms with Gasteiger partial charge in [0, 0.05) is 25.0 Å². The Labute approximate surface area is 90.0 Å². The van der Waals surface area contributed by atoms with Gasteiger partial charge >= 0.3 is 0 Å². The standard InChI is InChI=1S/C11H17N3O/c1-9-3-6-12-10(13-9)14-7-4-11(2,15)5-8-14/h3,6,15H,4-5,7-8H2,1-2H3. The zero-order valence-corrected chi connectivity index (χ0v) is 9.27. The van der Waals surface area contributed by atoms with Crippen molar-refractivity contribution in [3.63, 3.8) is 0 Å². The molecule has 2 heterocycles. The lowest BCUT2D eigenvalue weighted by Crippen LogP contribution is -2.43. The Kier molecular flexibility index (Phi) is 2.61. The summed E-state index contributed by atoms with van der Waals surface area (Å²) in [4.78, 5) is 10.8. The molecule has 1 N–H and O–H groups in total. The van der Waals surface area contributed by atoms with Crippen molar-refractivity contribution in [1.29, 1.82) is 0 Å². The number of rotatable bonds is 1. The van der Waals surface area contributed by atoms with E-state index in [1.54, 1.807) is 6.20 Å². The van der Waals surface area contributed by atoms with Crippen molar-refractivity contribution in [3.05, 3.63) is 18.0 Å². The highest BCUT2D eigenvalue weighted by Crippen LogP contribution is 2.23. The minimum Gasteiger partial charge on any atom is -0.390 e. The predicted octanol–water partition coefficient (Wildman–Crippen LogP) is 1.14. The minimum absolute atomic E-state index is 0.514. The van der Waals surface area contributed by atoms with Gasteiger partial charge in [-0.25, -0.2) is 9.97 Å². The maximum absolute atomic E-state index is 9.83. The fourth-order valence-corrected chi connectivity index (χ4v) is 1.78. The molecule has 1 fully saturated rings. The molecule has 82 valence electrons. The average molecular weight is 207 g/mol. The van der Waals surface area contributed by atoms with Crippen molar-refractivity contribution in [3.8, 4) is 0 Å². The van der Waals surface area contributed by atoms with Crippen LogP contribution >= 0.6 is 0 Å². The monoisotopic (exact) mass is 207 g/mol. The number of hydrogen-bond acceptors (Lipinski definition) is 4. The van der Waals surface area contributed by atoms with Gasteiger partial charge in [-0.2, -0.15) is 0 Å². The number of piperidine rings is 1. The van der Waals surface area contributed by atoms with Gasteiger partial charge in [-0.3, -0.25) is 0 Å². The quantitative estimate of drug-likeness (QED) is 0.750. The van der Waals surface area contributed by atoms with Crippen molar-refractivity contribution in [2.75, 3.05) is 18.0 Å². The molecule has 15 heavy (non-hydrogen) atoms. The molecule has 4 nitrogen and oxygen atoms in total. The molecule has 2 rings (SSSR count). The lowest BCUT2D eigenvalue weighted by Gasteiger charge is -2.35. The predicted molar refractivity (Wildman–Crippen MR) is 58.8 cm³/mol. The fourth-order valence-electron chi connectivity index (χ4n) is 1.78. The summed E-state index contributed by atoms with van der Waals surface area (Å²) in [5.41, 5.74) is 0.470. The molecule has 0 atom stereocenters. The van der Waals surface area contributed by atoms with E-state index in [0.29, 0.717) is 0 Å². The Morgan fingerprint density at radius 2 is 2.07 bits per heavy atom. The smallest absolute Gasteiger partial charge is 0.225 e. The van der Waals surface area contributed by atoms with E-state index in [1.807, 2.05) is 19.9 Å². The van der Waals surface area contributed by atoms with Gasteiger partial charge in [0.15, 0.2) is 0 Å². The summed E-state index contributed by atoms with van der Waals surface area (Å²) >= 11 is 0.